The lowest BCUT2D eigenvalue weighted by Gasteiger charge is -2.20. The number of hydrogen-bond acceptors (Lipinski definition) is 3. The SMILES string of the molecule is Nc1cc(Br)c(F)cc1N1CCC(O)C1. The molecule has 0 aromatic heterocycles. The zero-order valence-electron chi connectivity index (χ0n) is 8.08. The van der Waals surface area contributed by atoms with E-state index in [2.05, 4.69) is 15.9 Å². The zero-order chi connectivity index (χ0) is 11.0. The number of nitrogens with two attached hydrogens (primary N) is 1. The molecule has 1 atom stereocenters. The van der Waals surface area contributed by atoms with Crippen LogP contribution in [0.1, 0.15) is 6.42 Å². The van der Waals surface area contributed by atoms with E-state index in [1.54, 1.807) is 6.07 Å². The number of nitrogen functional groups attached to an aromatic ring is 1. The number of β-amino-alcohol motifs (C(OH)–C–C–N with tert-alkyl or cyclic N) is 1. The van der Waals surface area contributed by atoms with E-state index >= 15 is 0 Å². The highest BCUT2D eigenvalue weighted by Gasteiger charge is 2.22. The van der Waals surface area contributed by atoms with Crippen molar-refractivity contribution in [3.63, 3.8) is 0 Å². The first kappa shape index (κ1) is 10.7. The van der Waals surface area contributed by atoms with Crippen LogP contribution >= 0.6 is 15.9 Å². The van der Waals surface area contributed by atoms with Gasteiger partial charge in [0.1, 0.15) is 5.82 Å². The first-order chi connectivity index (χ1) is 7.08. The van der Waals surface area contributed by atoms with E-state index < -0.39 is 0 Å². The lowest BCUT2D eigenvalue weighted by molar-refractivity contribution is 0.198. The number of halogens is 2. The molecule has 0 saturated carbocycles. The summed E-state index contributed by atoms with van der Waals surface area (Å²) in [5.41, 5.74) is 6.98. The third-order valence-corrected chi connectivity index (χ3v) is 3.18. The van der Waals surface area contributed by atoms with Crippen molar-refractivity contribution in [2.75, 3.05) is 23.7 Å². The predicted molar refractivity (Wildman–Crippen MR) is 61.3 cm³/mol. The number of nitrogens with zero attached hydrogens (tertiary/aromatic N) is 1. The molecule has 3 N–H and O–H groups in total. The summed E-state index contributed by atoms with van der Waals surface area (Å²) >= 11 is 3.08. The Bertz CT molecular complexity index is 386. The van der Waals surface area contributed by atoms with E-state index in [0.29, 0.717) is 35.4 Å². The van der Waals surface area contributed by atoms with E-state index in [4.69, 9.17) is 5.73 Å². The molecule has 82 valence electrons. The average Bonchev–Trinajstić information content (AvgIpc) is 2.58. The molecule has 1 aromatic carbocycles. The fraction of sp³-hybridized carbons (Fsp3) is 0.400. The Morgan fingerprint density at radius 1 is 1.53 bits per heavy atom. The van der Waals surface area contributed by atoms with Gasteiger partial charge in [-0.05, 0) is 28.4 Å². The van der Waals surface area contributed by atoms with Gasteiger partial charge in [-0.25, -0.2) is 4.39 Å². The molecule has 5 heteroatoms. The van der Waals surface area contributed by atoms with E-state index in [0.717, 1.165) is 0 Å². The van der Waals surface area contributed by atoms with Crippen LogP contribution < -0.4 is 10.6 Å². The topological polar surface area (TPSA) is 49.5 Å². The van der Waals surface area contributed by atoms with Crippen LogP contribution in [0.5, 0.6) is 0 Å². The van der Waals surface area contributed by atoms with Gasteiger partial charge in [-0.1, -0.05) is 0 Å². The highest BCUT2D eigenvalue weighted by atomic mass is 79.9. The van der Waals surface area contributed by atoms with Crippen LogP contribution in [0.15, 0.2) is 16.6 Å². The molecule has 2 rings (SSSR count). The number of benzene rings is 1. The summed E-state index contributed by atoms with van der Waals surface area (Å²) in [5.74, 6) is -0.333. The fourth-order valence-electron chi connectivity index (χ4n) is 1.79. The molecule has 0 amide bonds. The summed E-state index contributed by atoms with van der Waals surface area (Å²) in [6.45, 7) is 1.23. The van der Waals surface area contributed by atoms with Gasteiger partial charge in [-0.2, -0.15) is 0 Å². The number of aliphatic hydroxyl groups is 1. The first-order valence-electron chi connectivity index (χ1n) is 4.75. The second-order valence-corrected chi connectivity index (χ2v) is 4.57. The zero-order valence-corrected chi connectivity index (χ0v) is 9.67. The second-order valence-electron chi connectivity index (χ2n) is 3.71. The smallest absolute Gasteiger partial charge is 0.139 e. The lowest BCUT2D eigenvalue weighted by Crippen LogP contribution is -2.22. The number of aliphatic hydroxyl groups excluding tert-OH is 1. The van der Waals surface area contributed by atoms with Gasteiger partial charge in [0.2, 0.25) is 0 Å². The van der Waals surface area contributed by atoms with Gasteiger partial charge in [0.25, 0.3) is 0 Å². The van der Waals surface area contributed by atoms with Crippen LogP contribution in [-0.2, 0) is 0 Å². The molecule has 0 bridgehead atoms. The monoisotopic (exact) mass is 274 g/mol. The molecule has 1 fully saturated rings. The minimum Gasteiger partial charge on any atom is -0.397 e. The molecular formula is C10H12BrFN2O. The molecule has 1 unspecified atom stereocenters. The Balaban J connectivity index is 2.32. The van der Waals surface area contributed by atoms with Crippen LogP contribution in [0, 0.1) is 5.82 Å². The van der Waals surface area contributed by atoms with Gasteiger partial charge >= 0.3 is 0 Å². The van der Waals surface area contributed by atoms with Crippen LogP contribution in [0.25, 0.3) is 0 Å². The average molecular weight is 275 g/mol. The molecular weight excluding hydrogens is 263 g/mol. The molecule has 1 saturated heterocycles. The predicted octanol–water partition coefficient (Wildman–Crippen LogP) is 1.74. The van der Waals surface area contributed by atoms with Crippen LogP contribution in [0.3, 0.4) is 0 Å². The van der Waals surface area contributed by atoms with Gasteiger partial charge in [0, 0.05) is 19.2 Å². The Hall–Kier alpha value is -0.810. The van der Waals surface area contributed by atoms with E-state index in [9.17, 15) is 9.50 Å². The van der Waals surface area contributed by atoms with Gasteiger partial charge < -0.3 is 15.7 Å². The Morgan fingerprint density at radius 2 is 2.27 bits per heavy atom. The molecule has 1 aromatic rings. The first-order valence-corrected chi connectivity index (χ1v) is 5.55. The van der Waals surface area contributed by atoms with E-state index in [1.165, 1.54) is 6.07 Å². The Kier molecular flexibility index (Phi) is 2.84. The lowest BCUT2D eigenvalue weighted by atomic mass is 10.2. The highest BCUT2D eigenvalue weighted by Crippen LogP contribution is 2.31. The van der Waals surface area contributed by atoms with Gasteiger partial charge in [-0.15, -0.1) is 0 Å². The van der Waals surface area contributed by atoms with Crippen molar-refractivity contribution in [2.45, 2.75) is 12.5 Å². The molecule has 15 heavy (non-hydrogen) atoms. The molecule has 0 aliphatic carbocycles. The normalized spacial score (nSPS) is 21.0. The summed E-state index contributed by atoms with van der Waals surface area (Å²) in [7, 11) is 0. The number of hydrogen-bond donors (Lipinski definition) is 2. The Labute approximate surface area is 95.8 Å². The highest BCUT2D eigenvalue weighted by molar-refractivity contribution is 9.10. The maximum atomic E-state index is 13.3. The largest absolute Gasteiger partial charge is 0.397 e. The van der Waals surface area contributed by atoms with Crippen LogP contribution in [0.2, 0.25) is 0 Å². The standard InChI is InChI=1S/C10H12BrFN2O/c11-7-3-9(13)10(4-8(7)12)14-2-1-6(15)5-14/h3-4,6,15H,1-2,5,13H2. The minimum atomic E-state index is -0.337. The molecule has 3 nitrogen and oxygen atoms in total. The maximum Gasteiger partial charge on any atom is 0.139 e. The molecule has 0 radical (unpaired) electrons. The third kappa shape index (κ3) is 2.08. The number of anilines is 2. The van der Waals surface area contributed by atoms with Crippen molar-refractivity contribution >= 4 is 27.3 Å². The van der Waals surface area contributed by atoms with Crippen molar-refractivity contribution in [1.82, 2.24) is 0 Å². The van der Waals surface area contributed by atoms with Crippen LogP contribution in [0.4, 0.5) is 15.8 Å². The molecule has 1 heterocycles. The minimum absolute atomic E-state index is 0.333. The summed E-state index contributed by atoms with van der Waals surface area (Å²) in [5, 5.41) is 9.39. The van der Waals surface area contributed by atoms with Gasteiger partial charge in [0.15, 0.2) is 0 Å². The van der Waals surface area contributed by atoms with E-state index in [1.807, 2.05) is 4.90 Å². The number of rotatable bonds is 1. The van der Waals surface area contributed by atoms with Crippen molar-refractivity contribution in [3.05, 3.63) is 22.4 Å². The summed E-state index contributed by atoms with van der Waals surface area (Å²) in [6, 6.07) is 2.95. The quantitative estimate of drug-likeness (QED) is 0.767. The fourth-order valence-corrected chi connectivity index (χ4v) is 2.15. The Morgan fingerprint density at radius 3 is 2.87 bits per heavy atom. The van der Waals surface area contributed by atoms with Gasteiger partial charge in [-0.3, -0.25) is 0 Å². The molecule has 1 aliphatic rings. The van der Waals surface area contributed by atoms with Crippen molar-refractivity contribution in [1.29, 1.82) is 0 Å². The third-order valence-electron chi connectivity index (χ3n) is 2.57. The van der Waals surface area contributed by atoms with Crippen molar-refractivity contribution in [2.24, 2.45) is 0 Å². The summed E-state index contributed by atoms with van der Waals surface area (Å²) in [4.78, 5) is 1.90. The molecule has 1 aliphatic heterocycles. The second kappa shape index (κ2) is 3.98. The van der Waals surface area contributed by atoms with Gasteiger partial charge in [0.05, 0.1) is 22.0 Å². The summed E-state index contributed by atoms with van der Waals surface area (Å²) in [6.07, 6.45) is 0.369. The summed E-state index contributed by atoms with van der Waals surface area (Å²) < 4.78 is 13.7. The van der Waals surface area contributed by atoms with Crippen molar-refractivity contribution in [3.8, 4) is 0 Å². The van der Waals surface area contributed by atoms with Crippen LogP contribution in [-0.4, -0.2) is 24.3 Å². The van der Waals surface area contributed by atoms with Crippen molar-refractivity contribution < 1.29 is 9.50 Å². The van der Waals surface area contributed by atoms with E-state index in [-0.39, 0.29) is 11.9 Å². The molecule has 0 spiro atoms. The maximum absolute atomic E-state index is 13.3.